The molecule has 2 aliphatic rings. The molecule has 0 aromatic heterocycles. The van der Waals surface area contributed by atoms with Crippen LogP contribution in [0.15, 0.2) is 0 Å². The quantitative estimate of drug-likeness (QED) is 0.864. The molecule has 2 fully saturated rings. The van der Waals surface area contributed by atoms with Crippen molar-refractivity contribution < 1.29 is 9.53 Å². The molecule has 1 heterocycles. The number of nitrogens with zero attached hydrogens (tertiary/aromatic N) is 2. The van der Waals surface area contributed by atoms with Crippen LogP contribution in [-0.2, 0) is 4.74 Å². The number of piperidine rings is 1. The van der Waals surface area contributed by atoms with E-state index in [1.165, 1.54) is 12.8 Å². The van der Waals surface area contributed by atoms with E-state index in [1.54, 1.807) is 19.0 Å². The van der Waals surface area contributed by atoms with Gasteiger partial charge >= 0.3 is 6.03 Å². The van der Waals surface area contributed by atoms with Crippen LogP contribution >= 0.6 is 0 Å². The Bertz CT molecular complexity index is 378. The van der Waals surface area contributed by atoms with Crippen LogP contribution < -0.4 is 5.73 Å². The van der Waals surface area contributed by atoms with Gasteiger partial charge in [0, 0.05) is 26.7 Å². The number of likely N-dealkylation sites (tertiary alicyclic amines) is 1. The summed E-state index contributed by atoms with van der Waals surface area (Å²) in [5.74, 6) is 1.62. The van der Waals surface area contributed by atoms with E-state index in [0.717, 1.165) is 44.1 Å². The largest absolute Gasteiger partial charge is 0.376 e. The third-order valence-electron chi connectivity index (χ3n) is 5.62. The highest BCUT2D eigenvalue weighted by Gasteiger charge is 2.34. The SMILES string of the molecule is CC(C)C1CCC(OCC2C(N)CCCN2C(=O)N(C)C)CC1. The molecule has 0 spiro atoms. The van der Waals surface area contributed by atoms with E-state index in [4.69, 9.17) is 10.5 Å². The Hall–Kier alpha value is -0.810. The molecule has 2 rings (SSSR count). The summed E-state index contributed by atoms with van der Waals surface area (Å²) in [7, 11) is 3.60. The summed E-state index contributed by atoms with van der Waals surface area (Å²) in [6.45, 7) is 6.01. The fourth-order valence-electron chi connectivity index (χ4n) is 3.95. The van der Waals surface area contributed by atoms with E-state index < -0.39 is 0 Å². The van der Waals surface area contributed by atoms with Crippen LogP contribution in [0.5, 0.6) is 0 Å². The van der Waals surface area contributed by atoms with Gasteiger partial charge in [0.15, 0.2) is 0 Å². The highest BCUT2D eigenvalue weighted by Crippen LogP contribution is 2.31. The minimum absolute atomic E-state index is 0.0153. The van der Waals surface area contributed by atoms with Gasteiger partial charge < -0.3 is 20.3 Å². The van der Waals surface area contributed by atoms with Crippen molar-refractivity contribution in [1.82, 2.24) is 9.80 Å². The number of amides is 2. The summed E-state index contributed by atoms with van der Waals surface area (Å²) >= 11 is 0. The van der Waals surface area contributed by atoms with Gasteiger partial charge in [0.1, 0.15) is 0 Å². The molecule has 2 unspecified atom stereocenters. The number of carbonyl (C=O) groups is 1. The van der Waals surface area contributed by atoms with Crippen LogP contribution in [0.3, 0.4) is 0 Å². The standard InChI is InChI=1S/C18H35N3O2/c1-13(2)14-7-9-15(10-8-14)23-12-17-16(19)6-5-11-21(17)18(22)20(3)4/h13-17H,5-12,19H2,1-4H3. The van der Waals surface area contributed by atoms with E-state index >= 15 is 0 Å². The van der Waals surface area contributed by atoms with E-state index in [9.17, 15) is 4.79 Å². The minimum Gasteiger partial charge on any atom is -0.376 e. The molecule has 1 saturated carbocycles. The molecule has 5 nitrogen and oxygen atoms in total. The Balaban J connectivity index is 1.85. The average Bonchev–Trinajstić information content (AvgIpc) is 2.53. The van der Waals surface area contributed by atoms with Crippen molar-refractivity contribution in [1.29, 1.82) is 0 Å². The zero-order valence-electron chi connectivity index (χ0n) is 15.3. The highest BCUT2D eigenvalue weighted by atomic mass is 16.5. The maximum absolute atomic E-state index is 12.4. The smallest absolute Gasteiger partial charge is 0.319 e. The maximum atomic E-state index is 12.4. The number of rotatable bonds is 4. The topological polar surface area (TPSA) is 58.8 Å². The molecule has 1 aliphatic carbocycles. The highest BCUT2D eigenvalue weighted by molar-refractivity contribution is 5.74. The Morgan fingerprint density at radius 3 is 2.43 bits per heavy atom. The van der Waals surface area contributed by atoms with Gasteiger partial charge in [0.2, 0.25) is 0 Å². The molecule has 0 bridgehead atoms. The van der Waals surface area contributed by atoms with Gasteiger partial charge in [0.05, 0.1) is 18.8 Å². The molecular formula is C18H35N3O2. The lowest BCUT2D eigenvalue weighted by Gasteiger charge is -2.41. The predicted octanol–water partition coefficient (Wildman–Crippen LogP) is 2.69. The van der Waals surface area contributed by atoms with Crippen LogP contribution in [0.1, 0.15) is 52.4 Å². The molecular weight excluding hydrogens is 290 g/mol. The number of nitrogens with two attached hydrogens (primary N) is 1. The lowest BCUT2D eigenvalue weighted by molar-refractivity contribution is -0.0246. The zero-order valence-corrected chi connectivity index (χ0v) is 15.3. The maximum Gasteiger partial charge on any atom is 0.319 e. The van der Waals surface area contributed by atoms with Gasteiger partial charge in [-0.05, 0) is 50.4 Å². The Morgan fingerprint density at radius 1 is 1.22 bits per heavy atom. The Kier molecular flexibility index (Phi) is 6.72. The summed E-state index contributed by atoms with van der Waals surface area (Å²) in [6, 6.07) is 0.0957. The van der Waals surface area contributed by atoms with Gasteiger partial charge in [-0.15, -0.1) is 0 Å². The second-order valence-electron chi connectivity index (χ2n) is 7.86. The molecule has 0 aromatic rings. The van der Waals surface area contributed by atoms with Crippen molar-refractivity contribution >= 4 is 6.03 Å². The van der Waals surface area contributed by atoms with Crippen molar-refractivity contribution in [2.24, 2.45) is 17.6 Å². The molecule has 2 N–H and O–H groups in total. The zero-order chi connectivity index (χ0) is 17.0. The van der Waals surface area contributed by atoms with Crippen molar-refractivity contribution in [2.75, 3.05) is 27.2 Å². The fraction of sp³-hybridized carbons (Fsp3) is 0.944. The average molecular weight is 325 g/mol. The first-order chi connectivity index (χ1) is 10.9. The van der Waals surface area contributed by atoms with Gasteiger partial charge in [-0.3, -0.25) is 0 Å². The summed E-state index contributed by atoms with van der Waals surface area (Å²) in [4.78, 5) is 15.9. The van der Waals surface area contributed by atoms with Crippen LogP contribution in [0.2, 0.25) is 0 Å². The van der Waals surface area contributed by atoms with Gasteiger partial charge in [-0.25, -0.2) is 4.79 Å². The summed E-state index contributed by atoms with van der Waals surface area (Å²) < 4.78 is 6.19. The van der Waals surface area contributed by atoms with Gasteiger partial charge in [-0.1, -0.05) is 13.8 Å². The van der Waals surface area contributed by atoms with Crippen LogP contribution in [0.4, 0.5) is 4.79 Å². The molecule has 5 heteroatoms. The second-order valence-corrected chi connectivity index (χ2v) is 7.86. The van der Waals surface area contributed by atoms with Crippen LogP contribution in [-0.4, -0.2) is 61.3 Å². The normalized spacial score (nSPS) is 32.2. The first-order valence-electron chi connectivity index (χ1n) is 9.25. The molecule has 134 valence electrons. The molecule has 2 atom stereocenters. The molecule has 2 amide bonds. The molecule has 1 saturated heterocycles. The fourth-order valence-corrected chi connectivity index (χ4v) is 3.95. The number of urea groups is 1. The summed E-state index contributed by atoms with van der Waals surface area (Å²) in [6.07, 6.45) is 7.12. The van der Waals surface area contributed by atoms with E-state index in [1.807, 2.05) is 4.90 Å². The first-order valence-corrected chi connectivity index (χ1v) is 9.25. The van der Waals surface area contributed by atoms with Crippen molar-refractivity contribution in [3.63, 3.8) is 0 Å². The summed E-state index contributed by atoms with van der Waals surface area (Å²) in [5.41, 5.74) is 6.29. The van der Waals surface area contributed by atoms with E-state index in [0.29, 0.717) is 12.7 Å². The Labute approximate surface area is 141 Å². The van der Waals surface area contributed by atoms with E-state index in [-0.39, 0.29) is 18.1 Å². The molecule has 23 heavy (non-hydrogen) atoms. The summed E-state index contributed by atoms with van der Waals surface area (Å²) in [5, 5.41) is 0. The van der Waals surface area contributed by atoms with Crippen LogP contribution in [0.25, 0.3) is 0 Å². The third-order valence-corrected chi connectivity index (χ3v) is 5.62. The second kappa shape index (κ2) is 8.34. The first kappa shape index (κ1) is 18.5. The number of ether oxygens (including phenoxy) is 1. The van der Waals surface area contributed by atoms with Gasteiger partial charge in [0.25, 0.3) is 0 Å². The lowest BCUT2D eigenvalue weighted by atomic mass is 9.80. The number of carbonyl (C=O) groups excluding carboxylic acids is 1. The monoisotopic (exact) mass is 325 g/mol. The van der Waals surface area contributed by atoms with E-state index in [2.05, 4.69) is 13.8 Å². The third kappa shape index (κ3) is 4.83. The molecule has 0 radical (unpaired) electrons. The number of hydrogen-bond acceptors (Lipinski definition) is 3. The van der Waals surface area contributed by atoms with Crippen molar-refractivity contribution in [3.8, 4) is 0 Å². The minimum atomic E-state index is 0.0153. The van der Waals surface area contributed by atoms with Crippen molar-refractivity contribution in [2.45, 2.75) is 70.6 Å². The molecule has 1 aliphatic heterocycles. The predicted molar refractivity (Wildman–Crippen MR) is 93.3 cm³/mol. The Morgan fingerprint density at radius 2 is 1.87 bits per heavy atom. The lowest BCUT2D eigenvalue weighted by Crippen LogP contribution is -2.58. The van der Waals surface area contributed by atoms with Crippen molar-refractivity contribution in [3.05, 3.63) is 0 Å². The van der Waals surface area contributed by atoms with Crippen LogP contribution in [0, 0.1) is 11.8 Å². The van der Waals surface area contributed by atoms with Gasteiger partial charge in [-0.2, -0.15) is 0 Å². The molecule has 0 aromatic carbocycles. The number of hydrogen-bond donors (Lipinski definition) is 1.